The molecule has 0 unspecified atom stereocenters. The van der Waals surface area contributed by atoms with Gasteiger partial charge < -0.3 is 15.2 Å². The van der Waals surface area contributed by atoms with Crippen molar-refractivity contribution in [3.8, 4) is 11.5 Å². The van der Waals surface area contributed by atoms with E-state index in [4.69, 9.17) is 17.0 Å². The van der Waals surface area contributed by atoms with Gasteiger partial charge in [-0.1, -0.05) is 12.1 Å². The summed E-state index contributed by atoms with van der Waals surface area (Å²) in [4.78, 5) is 12.2. The number of anilines is 2. The van der Waals surface area contributed by atoms with Gasteiger partial charge in [0.2, 0.25) is 0 Å². The second kappa shape index (κ2) is 10.1. The quantitative estimate of drug-likeness (QED) is 0.388. The van der Waals surface area contributed by atoms with Gasteiger partial charge in [-0.15, -0.1) is 0 Å². The molecule has 0 aliphatic carbocycles. The Kier molecular flexibility index (Phi) is 7.29. The smallest absolute Gasteiger partial charge is 0.261 e. The van der Waals surface area contributed by atoms with E-state index in [1.54, 1.807) is 36.4 Å². The lowest BCUT2D eigenvalue weighted by Crippen LogP contribution is -2.34. The summed E-state index contributed by atoms with van der Waals surface area (Å²) in [7, 11) is -3.79. The third kappa shape index (κ3) is 5.96. The lowest BCUT2D eigenvalue weighted by atomic mass is 10.2. The molecule has 0 radical (unpaired) electrons. The van der Waals surface area contributed by atoms with Gasteiger partial charge in [0, 0.05) is 11.4 Å². The maximum atomic E-state index is 12.6. The molecule has 8 nitrogen and oxygen atoms in total. The van der Waals surface area contributed by atoms with Crippen molar-refractivity contribution in [2.24, 2.45) is 0 Å². The molecule has 166 valence electrons. The van der Waals surface area contributed by atoms with E-state index < -0.39 is 15.9 Å². The Morgan fingerprint density at radius 1 is 0.969 bits per heavy atom. The number of rotatable bonds is 7. The van der Waals surface area contributed by atoms with Crippen LogP contribution in [0.2, 0.25) is 0 Å². The molecule has 1 amide bonds. The monoisotopic (exact) mass is 471 g/mol. The SMILES string of the molecule is CCOc1ccc(NS(=O)(=O)c2ccc(NC(=S)NC(=O)c3ccccc3O)cc2)cc1. The Hall–Kier alpha value is -3.63. The molecule has 0 spiro atoms. The fourth-order valence-electron chi connectivity index (χ4n) is 2.72. The molecule has 0 saturated heterocycles. The summed E-state index contributed by atoms with van der Waals surface area (Å²) in [5.74, 6) is -0.0850. The molecule has 4 N–H and O–H groups in total. The molecule has 3 rings (SSSR count). The molecule has 0 atom stereocenters. The number of carbonyl (C=O) groups excluding carboxylic acids is 1. The molecule has 0 aliphatic rings. The lowest BCUT2D eigenvalue weighted by Gasteiger charge is -2.12. The van der Waals surface area contributed by atoms with Gasteiger partial charge in [-0.25, -0.2) is 8.42 Å². The normalized spacial score (nSPS) is 10.8. The van der Waals surface area contributed by atoms with Gasteiger partial charge >= 0.3 is 0 Å². The molecule has 32 heavy (non-hydrogen) atoms. The molecular weight excluding hydrogens is 450 g/mol. The molecule has 0 heterocycles. The number of hydrogen-bond acceptors (Lipinski definition) is 6. The van der Waals surface area contributed by atoms with Crippen LogP contribution in [0.15, 0.2) is 77.7 Å². The number of ether oxygens (including phenoxy) is 1. The van der Waals surface area contributed by atoms with Crippen molar-refractivity contribution < 1.29 is 23.1 Å². The maximum Gasteiger partial charge on any atom is 0.261 e. The number of carbonyl (C=O) groups is 1. The minimum Gasteiger partial charge on any atom is -0.507 e. The Labute approximate surface area is 191 Å². The topological polar surface area (TPSA) is 117 Å². The van der Waals surface area contributed by atoms with Crippen LogP contribution in [0.1, 0.15) is 17.3 Å². The van der Waals surface area contributed by atoms with Crippen LogP contribution in [0.3, 0.4) is 0 Å². The predicted octanol–water partition coefficient (Wildman–Crippen LogP) is 3.72. The number of hydrogen-bond donors (Lipinski definition) is 4. The first-order valence-corrected chi connectivity index (χ1v) is 11.4. The van der Waals surface area contributed by atoms with Crippen LogP contribution in [0.25, 0.3) is 0 Å². The summed E-state index contributed by atoms with van der Waals surface area (Å²) in [6.45, 7) is 2.39. The Balaban J connectivity index is 1.61. The van der Waals surface area contributed by atoms with Crippen LogP contribution in [0.5, 0.6) is 11.5 Å². The second-order valence-corrected chi connectivity index (χ2v) is 8.60. The van der Waals surface area contributed by atoms with Gasteiger partial charge in [-0.3, -0.25) is 14.8 Å². The van der Waals surface area contributed by atoms with Gasteiger partial charge in [-0.2, -0.15) is 0 Å². The zero-order valence-corrected chi connectivity index (χ0v) is 18.7. The molecule has 10 heteroatoms. The zero-order chi connectivity index (χ0) is 23.1. The van der Waals surface area contributed by atoms with Gasteiger partial charge in [0.25, 0.3) is 15.9 Å². The largest absolute Gasteiger partial charge is 0.507 e. The zero-order valence-electron chi connectivity index (χ0n) is 17.0. The van der Waals surface area contributed by atoms with Gasteiger partial charge in [0.05, 0.1) is 17.1 Å². The van der Waals surface area contributed by atoms with Crippen molar-refractivity contribution in [1.29, 1.82) is 0 Å². The number of aromatic hydroxyl groups is 1. The van der Waals surface area contributed by atoms with Crippen molar-refractivity contribution >= 4 is 44.6 Å². The van der Waals surface area contributed by atoms with Gasteiger partial charge in [-0.05, 0) is 79.8 Å². The van der Waals surface area contributed by atoms with E-state index in [9.17, 15) is 18.3 Å². The summed E-state index contributed by atoms with van der Waals surface area (Å²) < 4.78 is 33.1. The van der Waals surface area contributed by atoms with Crippen LogP contribution in [-0.2, 0) is 10.0 Å². The highest BCUT2D eigenvalue weighted by Crippen LogP contribution is 2.21. The average molecular weight is 472 g/mol. The molecule has 3 aromatic carbocycles. The first-order valence-electron chi connectivity index (χ1n) is 9.54. The van der Waals surface area contributed by atoms with Crippen molar-refractivity contribution in [3.63, 3.8) is 0 Å². The standard InChI is InChI=1S/C22H21N3O5S2/c1-2-30-17-11-7-16(8-12-17)25-32(28,29)18-13-9-15(10-14-18)23-22(31)24-21(27)19-5-3-4-6-20(19)26/h3-14,25-26H,2H2,1H3,(H2,23,24,27,31). The first-order chi connectivity index (χ1) is 15.3. The molecule has 0 aliphatic heterocycles. The molecular formula is C22H21N3O5S2. The molecule has 0 aromatic heterocycles. The number of phenolic OH excluding ortho intramolecular Hbond substituents is 1. The van der Waals surface area contributed by atoms with E-state index in [2.05, 4.69) is 15.4 Å². The summed E-state index contributed by atoms with van der Waals surface area (Å²) in [5.41, 5.74) is 0.967. The summed E-state index contributed by atoms with van der Waals surface area (Å²) in [6, 6.07) is 18.5. The fraction of sp³-hybridized carbons (Fsp3) is 0.0909. The van der Waals surface area contributed by atoms with Crippen LogP contribution >= 0.6 is 12.2 Å². The molecule has 3 aromatic rings. The van der Waals surface area contributed by atoms with Crippen molar-refractivity contribution in [2.75, 3.05) is 16.6 Å². The number of sulfonamides is 1. The van der Waals surface area contributed by atoms with Crippen LogP contribution in [-0.4, -0.2) is 31.2 Å². The van der Waals surface area contributed by atoms with Crippen LogP contribution < -0.4 is 20.1 Å². The van der Waals surface area contributed by atoms with Crippen molar-refractivity contribution in [2.45, 2.75) is 11.8 Å². The number of phenols is 1. The van der Waals surface area contributed by atoms with Crippen LogP contribution in [0, 0.1) is 0 Å². The number of thiocarbonyl (C=S) groups is 1. The van der Waals surface area contributed by atoms with E-state index in [1.165, 1.54) is 36.4 Å². The Morgan fingerprint density at radius 3 is 2.22 bits per heavy atom. The minimum absolute atomic E-state index is 0.00127. The third-order valence-corrected chi connectivity index (χ3v) is 5.82. The predicted molar refractivity (Wildman–Crippen MR) is 127 cm³/mol. The fourth-order valence-corrected chi connectivity index (χ4v) is 3.98. The highest BCUT2D eigenvalue weighted by atomic mass is 32.2. The third-order valence-electron chi connectivity index (χ3n) is 4.22. The Bertz CT molecular complexity index is 1210. The highest BCUT2D eigenvalue weighted by molar-refractivity contribution is 7.92. The van der Waals surface area contributed by atoms with E-state index >= 15 is 0 Å². The van der Waals surface area contributed by atoms with E-state index in [0.717, 1.165) is 0 Å². The van der Waals surface area contributed by atoms with E-state index in [1.807, 2.05) is 6.92 Å². The molecule has 0 saturated carbocycles. The highest BCUT2D eigenvalue weighted by Gasteiger charge is 2.15. The maximum absolute atomic E-state index is 12.6. The first kappa shape index (κ1) is 23.0. The van der Waals surface area contributed by atoms with E-state index in [0.29, 0.717) is 23.7 Å². The summed E-state index contributed by atoms with van der Waals surface area (Å²) in [6.07, 6.45) is 0. The van der Waals surface area contributed by atoms with Gasteiger partial charge in [0.15, 0.2) is 5.11 Å². The minimum atomic E-state index is -3.79. The van der Waals surface area contributed by atoms with Crippen molar-refractivity contribution in [3.05, 3.63) is 78.4 Å². The van der Waals surface area contributed by atoms with Gasteiger partial charge in [0.1, 0.15) is 11.5 Å². The summed E-state index contributed by atoms with van der Waals surface area (Å²) >= 11 is 5.11. The number of para-hydroxylation sites is 1. The summed E-state index contributed by atoms with van der Waals surface area (Å²) in [5, 5.41) is 15.0. The number of benzene rings is 3. The average Bonchev–Trinajstić information content (AvgIpc) is 2.75. The van der Waals surface area contributed by atoms with Crippen LogP contribution in [0.4, 0.5) is 11.4 Å². The number of amides is 1. The lowest BCUT2D eigenvalue weighted by molar-refractivity contribution is 0.0975. The molecule has 0 bridgehead atoms. The molecule has 0 fully saturated rings. The van der Waals surface area contributed by atoms with E-state index in [-0.39, 0.29) is 21.3 Å². The van der Waals surface area contributed by atoms with Crippen molar-refractivity contribution in [1.82, 2.24) is 5.32 Å². The Morgan fingerprint density at radius 2 is 1.59 bits per heavy atom. The second-order valence-electron chi connectivity index (χ2n) is 6.51. The number of nitrogens with one attached hydrogen (secondary N) is 3.